The van der Waals surface area contributed by atoms with Crippen LogP contribution in [0.1, 0.15) is 11.1 Å². The first-order chi connectivity index (χ1) is 11.1. The zero-order chi connectivity index (χ0) is 16.4. The van der Waals surface area contributed by atoms with Crippen molar-refractivity contribution in [1.29, 1.82) is 0 Å². The first-order valence-corrected chi connectivity index (χ1v) is 7.50. The summed E-state index contributed by atoms with van der Waals surface area (Å²) in [6, 6.07) is 21.1. The Balaban J connectivity index is 2.17. The van der Waals surface area contributed by atoms with Crippen LogP contribution in [0.5, 0.6) is 11.5 Å². The second-order valence-corrected chi connectivity index (χ2v) is 5.61. The van der Waals surface area contributed by atoms with Gasteiger partial charge in [-0.1, -0.05) is 18.2 Å². The largest absolute Gasteiger partial charge is 0.508 e. The van der Waals surface area contributed by atoms with Crippen molar-refractivity contribution >= 4 is 17.1 Å². The molecule has 2 N–H and O–H groups in total. The van der Waals surface area contributed by atoms with E-state index in [1.165, 1.54) is 0 Å². The van der Waals surface area contributed by atoms with Gasteiger partial charge in [0, 0.05) is 17.1 Å². The van der Waals surface area contributed by atoms with Crippen molar-refractivity contribution in [3.8, 4) is 11.5 Å². The molecule has 0 aliphatic rings. The number of rotatable bonds is 3. The van der Waals surface area contributed by atoms with E-state index in [0.717, 1.165) is 28.2 Å². The molecular weight excluding hydrogens is 286 g/mol. The molecule has 116 valence electrons. The Morgan fingerprint density at radius 3 is 1.52 bits per heavy atom. The number of phenolic OH excluding ortho intramolecular Hbond substituents is 2. The molecule has 0 aliphatic carbocycles. The number of aromatic hydroxyl groups is 2. The highest BCUT2D eigenvalue weighted by Crippen LogP contribution is 2.37. The Morgan fingerprint density at radius 1 is 0.609 bits per heavy atom. The van der Waals surface area contributed by atoms with E-state index in [2.05, 4.69) is 4.90 Å². The predicted molar refractivity (Wildman–Crippen MR) is 93.9 cm³/mol. The van der Waals surface area contributed by atoms with E-state index in [9.17, 15) is 10.2 Å². The molecule has 0 unspecified atom stereocenters. The Morgan fingerprint density at radius 2 is 1.09 bits per heavy atom. The van der Waals surface area contributed by atoms with Gasteiger partial charge in [0.25, 0.3) is 0 Å². The molecule has 0 fully saturated rings. The highest BCUT2D eigenvalue weighted by Gasteiger charge is 2.14. The molecule has 0 bridgehead atoms. The van der Waals surface area contributed by atoms with Crippen LogP contribution in [0.2, 0.25) is 0 Å². The zero-order valence-electron chi connectivity index (χ0n) is 13.2. The maximum absolute atomic E-state index is 9.80. The third-order valence-electron chi connectivity index (χ3n) is 3.89. The van der Waals surface area contributed by atoms with Crippen LogP contribution >= 0.6 is 0 Å². The molecule has 0 heterocycles. The molecule has 0 radical (unpaired) electrons. The lowest BCUT2D eigenvalue weighted by atomic mass is 10.1. The van der Waals surface area contributed by atoms with Crippen molar-refractivity contribution < 1.29 is 10.2 Å². The topological polar surface area (TPSA) is 43.7 Å². The van der Waals surface area contributed by atoms with Crippen molar-refractivity contribution in [3.63, 3.8) is 0 Å². The van der Waals surface area contributed by atoms with Gasteiger partial charge in [-0.15, -0.1) is 0 Å². The summed E-state index contributed by atoms with van der Waals surface area (Å²) < 4.78 is 0. The van der Waals surface area contributed by atoms with E-state index in [1.54, 1.807) is 12.1 Å². The van der Waals surface area contributed by atoms with Crippen LogP contribution in [-0.4, -0.2) is 10.2 Å². The summed E-state index contributed by atoms with van der Waals surface area (Å²) in [6.07, 6.45) is 0. The van der Waals surface area contributed by atoms with Gasteiger partial charge in [-0.25, -0.2) is 0 Å². The number of hydrogen-bond donors (Lipinski definition) is 2. The molecule has 3 aromatic carbocycles. The van der Waals surface area contributed by atoms with Crippen LogP contribution in [0, 0.1) is 13.8 Å². The van der Waals surface area contributed by atoms with Crippen molar-refractivity contribution in [2.24, 2.45) is 0 Å². The summed E-state index contributed by atoms with van der Waals surface area (Å²) >= 11 is 0. The molecule has 0 spiro atoms. The lowest BCUT2D eigenvalue weighted by Gasteiger charge is -2.26. The average Bonchev–Trinajstić information content (AvgIpc) is 2.55. The summed E-state index contributed by atoms with van der Waals surface area (Å²) in [5.74, 6) is 0.562. The molecule has 3 nitrogen and oxygen atoms in total. The van der Waals surface area contributed by atoms with Crippen LogP contribution in [0.15, 0.2) is 66.7 Å². The van der Waals surface area contributed by atoms with Gasteiger partial charge in [0.05, 0.1) is 0 Å². The average molecular weight is 305 g/mol. The monoisotopic (exact) mass is 305 g/mol. The van der Waals surface area contributed by atoms with Crippen molar-refractivity contribution in [2.45, 2.75) is 13.8 Å². The summed E-state index contributed by atoms with van der Waals surface area (Å²) in [5.41, 5.74) is 4.56. The second-order valence-electron chi connectivity index (χ2n) is 5.61. The van der Waals surface area contributed by atoms with E-state index in [0.29, 0.717) is 0 Å². The number of aryl methyl sites for hydroxylation is 2. The SMILES string of the molecule is Cc1cc(N(c2ccccc2)c2ccc(O)c(C)c2)ccc1O. The lowest BCUT2D eigenvalue weighted by molar-refractivity contribution is 0.471. The van der Waals surface area contributed by atoms with Gasteiger partial charge in [-0.05, 0) is 73.5 Å². The first kappa shape index (κ1) is 15.0. The summed E-state index contributed by atoms with van der Waals surface area (Å²) in [7, 11) is 0. The van der Waals surface area contributed by atoms with Crippen molar-refractivity contribution in [3.05, 3.63) is 77.9 Å². The van der Waals surface area contributed by atoms with Crippen LogP contribution in [0.25, 0.3) is 0 Å². The number of benzene rings is 3. The molecule has 0 saturated carbocycles. The number of phenols is 2. The third kappa shape index (κ3) is 2.99. The molecule has 23 heavy (non-hydrogen) atoms. The summed E-state index contributed by atoms with van der Waals surface area (Å²) in [5, 5.41) is 19.6. The highest BCUT2D eigenvalue weighted by atomic mass is 16.3. The Bertz CT molecular complexity index is 777. The molecule has 0 amide bonds. The van der Waals surface area contributed by atoms with E-state index in [-0.39, 0.29) is 11.5 Å². The number of anilines is 3. The standard InChI is InChI=1S/C20H19NO2/c1-14-12-17(8-10-19(14)22)21(16-6-4-3-5-7-16)18-9-11-20(23)15(2)13-18/h3-13,22-23H,1-2H3. The Hall–Kier alpha value is -2.94. The summed E-state index contributed by atoms with van der Waals surface area (Å²) in [4.78, 5) is 2.10. The van der Waals surface area contributed by atoms with Gasteiger partial charge in [0.15, 0.2) is 0 Å². The van der Waals surface area contributed by atoms with Gasteiger partial charge < -0.3 is 15.1 Å². The van der Waals surface area contributed by atoms with Gasteiger partial charge in [0.1, 0.15) is 11.5 Å². The quantitative estimate of drug-likeness (QED) is 0.700. The van der Waals surface area contributed by atoms with Gasteiger partial charge >= 0.3 is 0 Å². The first-order valence-electron chi connectivity index (χ1n) is 7.50. The van der Waals surface area contributed by atoms with E-state index in [4.69, 9.17) is 0 Å². The fraction of sp³-hybridized carbons (Fsp3) is 0.100. The predicted octanol–water partition coefficient (Wildman–Crippen LogP) is 5.18. The van der Waals surface area contributed by atoms with Gasteiger partial charge in [0.2, 0.25) is 0 Å². The fourth-order valence-corrected chi connectivity index (χ4v) is 2.58. The smallest absolute Gasteiger partial charge is 0.118 e. The Kier molecular flexibility index (Phi) is 3.94. The van der Waals surface area contributed by atoms with Gasteiger partial charge in [-0.3, -0.25) is 0 Å². The lowest BCUT2D eigenvalue weighted by Crippen LogP contribution is -2.10. The minimum absolute atomic E-state index is 0.281. The Labute approximate surface area is 136 Å². The van der Waals surface area contributed by atoms with Crippen molar-refractivity contribution in [2.75, 3.05) is 4.90 Å². The molecular formula is C20H19NO2. The van der Waals surface area contributed by atoms with Crippen LogP contribution in [0.3, 0.4) is 0 Å². The highest BCUT2D eigenvalue weighted by molar-refractivity contribution is 5.77. The molecule has 0 atom stereocenters. The van der Waals surface area contributed by atoms with Crippen LogP contribution in [-0.2, 0) is 0 Å². The number of hydrogen-bond acceptors (Lipinski definition) is 3. The molecule has 3 heteroatoms. The normalized spacial score (nSPS) is 10.5. The maximum atomic E-state index is 9.80. The molecule has 3 aromatic rings. The second kappa shape index (κ2) is 6.05. The molecule has 0 aromatic heterocycles. The van der Waals surface area contributed by atoms with Crippen molar-refractivity contribution in [1.82, 2.24) is 0 Å². The fourth-order valence-electron chi connectivity index (χ4n) is 2.58. The van der Waals surface area contributed by atoms with Crippen LogP contribution in [0.4, 0.5) is 17.1 Å². The zero-order valence-corrected chi connectivity index (χ0v) is 13.2. The maximum Gasteiger partial charge on any atom is 0.118 e. The minimum atomic E-state index is 0.281. The van der Waals surface area contributed by atoms with E-state index >= 15 is 0 Å². The van der Waals surface area contributed by atoms with Crippen LogP contribution < -0.4 is 4.90 Å². The molecule has 0 aliphatic heterocycles. The third-order valence-corrected chi connectivity index (χ3v) is 3.89. The van der Waals surface area contributed by atoms with E-state index in [1.807, 2.05) is 68.4 Å². The number of para-hydroxylation sites is 1. The minimum Gasteiger partial charge on any atom is -0.508 e. The molecule has 0 saturated heterocycles. The van der Waals surface area contributed by atoms with E-state index < -0.39 is 0 Å². The van der Waals surface area contributed by atoms with Gasteiger partial charge in [-0.2, -0.15) is 0 Å². The number of nitrogens with zero attached hydrogens (tertiary/aromatic N) is 1. The molecule has 3 rings (SSSR count). The summed E-state index contributed by atoms with van der Waals surface area (Å²) in [6.45, 7) is 3.76.